The van der Waals surface area contributed by atoms with E-state index in [1.54, 1.807) is 24.3 Å². The first-order chi connectivity index (χ1) is 7.22. The number of fused-ring (bicyclic) bond motifs is 1. The van der Waals surface area contributed by atoms with Crippen LogP contribution in [-0.4, -0.2) is 17.5 Å². The Bertz CT molecular complexity index is 529. The molecule has 1 aromatic heterocycles. The van der Waals surface area contributed by atoms with Crippen molar-refractivity contribution >= 4 is 29.0 Å². The summed E-state index contributed by atoms with van der Waals surface area (Å²) in [5.74, 6) is -0.0152. The smallest absolute Gasteiger partial charge is 0.409 e. The van der Waals surface area contributed by atoms with Crippen LogP contribution in [0.4, 0.5) is 10.5 Å². The molecule has 5 heteroatoms. The molecule has 2 N–H and O–H groups in total. The number of carbonyl (C=O) groups excluding carboxylic acids is 1. The molecule has 0 saturated carbocycles. The average molecular weight is 205 g/mol. The maximum atomic E-state index is 10.7. The summed E-state index contributed by atoms with van der Waals surface area (Å²) in [5, 5.41) is 11.3. The van der Waals surface area contributed by atoms with Crippen molar-refractivity contribution in [2.75, 3.05) is 5.32 Å². The normalized spacial score (nSPS) is 10.1. The van der Waals surface area contributed by atoms with E-state index in [9.17, 15) is 9.59 Å². The van der Waals surface area contributed by atoms with Gasteiger partial charge < -0.3 is 9.52 Å². The largest absolute Gasteiger partial charge is 0.465 e. The summed E-state index contributed by atoms with van der Waals surface area (Å²) in [4.78, 5) is 21.2. The number of aldehydes is 1. The Balaban J connectivity index is 2.66. The first-order valence-corrected chi connectivity index (χ1v) is 4.19. The fourth-order valence-corrected chi connectivity index (χ4v) is 1.38. The van der Waals surface area contributed by atoms with Gasteiger partial charge in [-0.25, -0.2) is 4.79 Å². The number of carbonyl (C=O) groups is 2. The quantitative estimate of drug-likeness (QED) is 0.737. The Kier molecular flexibility index (Phi) is 2.13. The van der Waals surface area contributed by atoms with Gasteiger partial charge in [-0.3, -0.25) is 10.1 Å². The molecule has 0 spiro atoms. The first kappa shape index (κ1) is 9.26. The summed E-state index contributed by atoms with van der Waals surface area (Å²) < 4.78 is 5.16. The molecule has 0 unspecified atom stereocenters. The van der Waals surface area contributed by atoms with Gasteiger partial charge in [0.05, 0.1) is 0 Å². The van der Waals surface area contributed by atoms with Gasteiger partial charge >= 0.3 is 6.09 Å². The Labute approximate surface area is 84.3 Å². The molecule has 76 valence electrons. The number of benzene rings is 1. The minimum atomic E-state index is -1.23. The molecule has 15 heavy (non-hydrogen) atoms. The summed E-state index contributed by atoms with van der Waals surface area (Å²) in [6.45, 7) is 0. The zero-order valence-electron chi connectivity index (χ0n) is 7.56. The van der Waals surface area contributed by atoms with Gasteiger partial charge in [0.1, 0.15) is 11.3 Å². The maximum absolute atomic E-state index is 10.7. The van der Waals surface area contributed by atoms with Crippen LogP contribution in [0.25, 0.3) is 11.0 Å². The van der Waals surface area contributed by atoms with E-state index >= 15 is 0 Å². The third-order valence-corrected chi connectivity index (χ3v) is 1.96. The van der Waals surface area contributed by atoms with Crippen LogP contribution in [0.1, 0.15) is 10.6 Å². The first-order valence-electron chi connectivity index (χ1n) is 4.19. The molecular formula is C10H7NO4. The molecule has 1 aromatic carbocycles. The van der Waals surface area contributed by atoms with Crippen LogP contribution >= 0.6 is 0 Å². The van der Waals surface area contributed by atoms with Crippen LogP contribution < -0.4 is 5.32 Å². The molecule has 0 aliphatic carbocycles. The molecule has 2 rings (SSSR count). The van der Waals surface area contributed by atoms with E-state index < -0.39 is 6.09 Å². The minimum absolute atomic E-state index is 0.0152. The summed E-state index contributed by atoms with van der Waals surface area (Å²) >= 11 is 0. The Hall–Kier alpha value is -2.30. The number of amides is 1. The SMILES string of the molecule is O=Cc1oc2ccccc2c1NC(=O)O. The number of carboxylic acid groups (broad SMARTS) is 1. The number of rotatable bonds is 2. The number of para-hydroxylation sites is 1. The molecule has 0 fully saturated rings. The molecule has 2 aromatic rings. The molecule has 0 aliphatic heterocycles. The van der Waals surface area contributed by atoms with Gasteiger partial charge in [-0.15, -0.1) is 0 Å². The second-order valence-electron chi connectivity index (χ2n) is 2.89. The highest BCUT2D eigenvalue weighted by Gasteiger charge is 2.14. The third-order valence-electron chi connectivity index (χ3n) is 1.96. The molecule has 0 radical (unpaired) electrons. The Morgan fingerprint density at radius 3 is 2.80 bits per heavy atom. The predicted octanol–water partition coefficient (Wildman–Crippen LogP) is 2.34. The van der Waals surface area contributed by atoms with Gasteiger partial charge in [0, 0.05) is 5.39 Å². The summed E-state index contributed by atoms with van der Waals surface area (Å²) in [6, 6.07) is 6.82. The Morgan fingerprint density at radius 2 is 2.13 bits per heavy atom. The van der Waals surface area contributed by atoms with Crippen molar-refractivity contribution in [1.29, 1.82) is 0 Å². The lowest BCUT2D eigenvalue weighted by Gasteiger charge is -1.96. The van der Waals surface area contributed by atoms with Gasteiger partial charge in [0.2, 0.25) is 0 Å². The average Bonchev–Trinajstić information content (AvgIpc) is 2.56. The molecule has 0 saturated heterocycles. The fraction of sp³-hybridized carbons (Fsp3) is 0. The van der Waals surface area contributed by atoms with E-state index in [1.807, 2.05) is 0 Å². The molecule has 5 nitrogen and oxygen atoms in total. The highest BCUT2D eigenvalue weighted by Crippen LogP contribution is 2.29. The van der Waals surface area contributed by atoms with E-state index in [0.29, 0.717) is 17.3 Å². The number of nitrogens with one attached hydrogen (secondary N) is 1. The molecule has 0 aliphatic rings. The van der Waals surface area contributed by atoms with Crippen LogP contribution in [0.15, 0.2) is 28.7 Å². The highest BCUT2D eigenvalue weighted by atomic mass is 16.4. The standard InChI is InChI=1S/C10H7NO4/c12-5-8-9(11-10(13)14)6-3-1-2-4-7(6)15-8/h1-5,11H,(H,13,14). The fourth-order valence-electron chi connectivity index (χ4n) is 1.38. The zero-order valence-corrected chi connectivity index (χ0v) is 7.56. The summed E-state index contributed by atoms with van der Waals surface area (Å²) in [7, 11) is 0. The van der Waals surface area contributed by atoms with Crippen LogP contribution in [0.2, 0.25) is 0 Å². The van der Waals surface area contributed by atoms with Crippen molar-refractivity contribution in [2.45, 2.75) is 0 Å². The van der Waals surface area contributed by atoms with Gasteiger partial charge in [-0.1, -0.05) is 12.1 Å². The van der Waals surface area contributed by atoms with Crippen LogP contribution in [-0.2, 0) is 0 Å². The van der Waals surface area contributed by atoms with Crippen molar-refractivity contribution in [3.05, 3.63) is 30.0 Å². The van der Waals surface area contributed by atoms with E-state index in [2.05, 4.69) is 5.32 Å². The van der Waals surface area contributed by atoms with Crippen LogP contribution in [0.3, 0.4) is 0 Å². The van der Waals surface area contributed by atoms with Gasteiger partial charge in [-0.05, 0) is 12.1 Å². The van der Waals surface area contributed by atoms with Crippen molar-refractivity contribution in [2.24, 2.45) is 0 Å². The van der Waals surface area contributed by atoms with E-state index in [-0.39, 0.29) is 11.4 Å². The minimum Gasteiger partial charge on any atom is -0.465 e. The van der Waals surface area contributed by atoms with Crippen LogP contribution in [0.5, 0.6) is 0 Å². The summed E-state index contributed by atoms with van der Waals surface area (Å²) in [6.07, 6.45) is -0.754. The van der Waals surface area contributed by atoms with Gasteiger partial charge in [0.25, 0.3) is 0 Å². The van der Waals surface area contributed by atoms with Gasteiger partial charge in [-0.2, -0.15) is 0 Å². The van der Waals surface area contributed by atoms with Gasteiger partial charge in [0.15, 0.2) is 12.0 Å². The maximum Gasteiger partial charge on any atom is 0.409 e. The van der Waals surface area contributed by atoms with E-state index in [4.69, 9.17) is 9.52 Å². The van der Waals surface area contributed by atoms with Crippen molar-refractivity contribution in [3.63, 3.8) is 0 Å². The molecule has 1 amide bonds. The van der Waals surface area contributed by atoms with Crippen LogP contribution in [0, 0.1) is 0 Å². The van der Waals surface area contributed by atoms with Crippen molar-refractivity contribution in [1.82, 2.24) is 0 Å². The van der Waals surface area contributed by atoms with Crippen molar-refractivity contribution < 1.29 is 19.1 Å². The monoisotopic (exact) mass is 205 g/mol. The zero-order chi connectivity index (χ0) is 10.8. The van der Waals surface area contributed by atoms with Crippen molar-refractivity contribution in [3.8, 4) is 0 Å². The lowest BCUT2D eigenvalue weighted by Crippen LogP contribution is -2.08. The molecule has 1 heterocycles. The predicted molar refractivity (Wildman–Crippen MR) is 53.2 cm³/mol. The second kappa shape index (κ2) is 3.45. The molecule has 0 atom stereocenters. The number of hydrogen-bond acceptors (Lipinski definition) is 3. The third kappa shape index (κ3) is 1.54. The molecular weight excluding hydrogens is 198 g/mol. The lowest BCUT2D eigenvalue weighted by molar-refractivity contribution is 0.110. The molecule has 0 bridgehead atoms. The van der Waals surface area contributed by atoms with E-state index in [0.717, 1.165) is 0 Å². The Morgan fingerprint density at radius 1 is 1.40 bits per heavy atom. The summed E-state index contributed by atoms with van der Waals surface area (Å²) in [5.41, 5.74) is 0.663. The lowest BCUT2D eigenvalue weighted by atomic mass is 10.2. The van der Waals surface area contributed by atoms with E-state index in [1.165, 1.54) is 0 Å². The number of furan rings is 1. The topological polar surface area (TPSA) is 79.5 Å². The number of anilines is 1. The highest BCUT2D eigenvalue weighted by molar-refractivity contribution is 6.04. The number of hydrogen-bond donors (Lipinski definition) is 2. The second-order valence-corrected chi connectivity index (χ2v) is 2.89.